The molecule has 0 aliphatic heterocycles. The second-order valence-electron chi connectivity index (χ2n) is 5.99. The Balaban J connectivity index is 2.53. The second-order valence-corrected chi connectivity index (χ2v) is 5.99. The molecule has 0 aromatic heterocycles. The summed E-state index contributed by atoms with van der Waals surface area (Å²) in [7, 11) is 0. The molecule has 0 aliphatic rings. The molecule has 0 saturated carbocycles. The number of nitrogens with one attached hydrogen (secondary N) is 2. The average molecular weight is 278 g/mol. The van der Waals surface area contributed by atoms with Crippen molar-refractivity contribution < 1.29 is 9.90 Å². The van der Waals surface area contributed by atoms with Crippen LogP contribution in [-0.4, -0.2) is 30.3 Å². The number of aryl methyl sites for hydroxylation is 1. The third-order valence-electron chi connectivity index (χ3n) is 3.43. The number of amides is 2. The lowest BCUT2D eigenvalue weighted by Crippen LogP contribution is -2.45. The summed E-state index contributed by atoms with van der Waals surface area (Å²) < 4.78 is 0. The summed E-state index contributed by atoms with van der Waals surface area (Å²) in [6.45, 7) is 8.81. The predicted octanol–water partition coefficient (Wildman–Crippen LogP) is 2.34. The van der Waals surface area contributed by atoms with Crippen LogP contribution in [0.1, 0.15) is 38.3 Å². The third-order valence-corrected chi connectivity index (χ3v) is 3.43. The van der Waals surface area contributed by atoms with Gasteiger partial charge in [-0.05, 0) is 25.8 Å². The summed E-state index contributed by atoms with van der Waals surface area (Å²) >= 11 is 0. The highest BCUT2D eigenvalue weighted by Gasteiger charge is 2.21. The van der Waals surface area contributed by atoms with Crippen LogP contribution in [-0.2, 0) is 5.41 Å². The summed E-state index contributed by atoms with van der Waals surface area (Å²) in [5, 5.41) is 14.5. The lowest BCUT2D eigenvalue weighted by atomic mass is 9.84. The molecule has 0 spiro atoms. The van der Waals surface area contributed by atoms with Crippen LogP contribution in [0.2, 0.25) is 0 Å². The van der Waals surface area contributed by atoms with E-state index in [1.807, 2.05) is 13.0 Å². The van der Waals surface area contributed by atoms with Crippen molar-refractivity contribution in [3.05, 3.63) is 35.4 Å². The highest BCUT2D eigenvalue weighted by atomic mass is 16.3. The molecule has 0 bridgehead atoms. The molecule has 4 nitrogen and oxygen atoms in total. The zero-order chi connectivity index (χ0) is 15.2. The van der Waals surface area contributed by atoms with Gasteiger partial charge in [0.15, 0.2) is 0 Å². The maximum absolute atomic E-state index is 11.8. The largest absolute Gasteiger partial charge is 0.396 e. The van der Waals surface area contributed by atoms with Gasteiger partial charge >= 0.3 is 6.03 Å². The Hall–Kier alpha value is -1.55. The smallest absolute Gasteiger partial charge is 0.315 e. The molecule has 4 heteroatoms. The lowest BCUT2D eigenvalue weighted by molar-refractivity contribution is 0.229. The van der Waals surface area contributed by atoms with Gasteiger partial charge in [-0.1, -0.05) is 43.7 Å². The first-order chi connectivity index (χ1) is 9.35. The number of benzene rings is 1. The van der Waals surface area contributed by atoms with Crippen LogP contribution < -0.4 is 10.6 Å². The van der Waals surface area contributed by atoms with Gasteiger partial charge < -0.3 is 15.7 Å². The van der Waals surface area contributed by atoms with E-state index in [2.05, 4.69) is 49.6 Å². The predicted molar refractivity (Wildman–Crippen MR) is 81.9 cm³/mol. The fourth-order valence-electron chi connectivity index (χ4n) is 2.01. The highest BCUT2D eigenvalue weighted by molar-refractivity contribution is 5.74. The minimum atomic E-state index is -0.188. The van der Waals surface area contributed by atoms with Crippen molar-refractivity contribution in [3.8, 4) is 0 Å². The van der Waals surface area contributed by atoms with E-state index in [0.29, 0.717) is 13.0 Å². The maximum atomic E-state index is 11.8. The first-order valence-electron chi connectivity index (χ1n) is 7.07. The van der Waals surface area contributed by atoms with Gasteiger partial charge in [0.25, 0.3) is 0 Å². The Labute approximate surface area is 121 Å². The Morgan fingerprint density at radius 2 is 2.10 bits per heavy atom. The molecule has 1 aromatic rings. The van der Waals surface area contributed by atoms with Crippen LogP contribution in [0.5, 0.6) is 0 Å². The number of carbonyl (C=O) groups is 1. The summed E-state index contributed by atoms with van der Waals surface area (Å²) in [5.74, 6) is 0. The Kier molecular flexibility index (Phi) is 6.02. The van der Waals surface area contributed by atoms with Crippen molar-refractivity contribution in [1.82, 2.24) is 10.6 Å². The first kappa shape index (κ1) is 16.5. The zero-order valence-corrected chi connectivity index (χ0v) is 12.9. The van der Waals surface area contributed by atoms with Crippen molar-refractivity contribution in [2.24, 2.45) is 0 Å². The Bertz CT molecular complexity index is 444. The van der Waals surface area contributed by atoms with Gasteiger partial charge in [-0.3, -0.25) is 0 Å². The van der Waals surface area contributed by atoms with Crippen LogP contribution in [0.25, 0.3) is 0 Å². The molecule has 1 rings (SSSR count). The van der Waals surface area contributed by atoms with E-state index in [-0.39, 0.29) is 24.1 Å². The highest BCUT2D eigenvalue weighted by Crippen LogP contribution is 2.22. The molecule has 2 amide bonds. The van der Waals surface area contributed by atoms with Crippen molar-refractivity contribution >= 4 is 6.03 Å². The molecular weight excluding hydrogens is 252 g/mol. The average Bonchev–Trinajstić information content (AvgIpc) is 2.37. The van der Waals surface area contributed by atoms with E-state index < -0.39 is 0 Å². The Morgan fingerprint density at radius 3 is 2.70 bits per heavy atom. The fourth-order valence-corrected chi connectivity index (χ4v) is 2.01. The molecule has 112 valence electrons. The molecule has 0 unspecified atom stereocenters. The first-order valence-corrected chi connectivity index (χ1v) is 7.07. The fraction of sp³-hybridized carbons (Fsp3) is 0.562. The van der Waals surface area contributed by atoms with Gasteiger partial charge in [-0.2, -0.15) is 0 Å². The normalized spacial score (nSPS) is 12.8. The SMILES string of the molecule is Cc1cccc(C(C)(C)CNC(=O)N[C@H](C)CCO)c1. The standard InChI is InChI=1S/C16H26N2O2/c1-12-6-5-7-14(10-12)16(3,4)11-17-15(20)18-13(2)8-9-19/h5-7,10,13,19H,8-9,11H2,1-4H3,(H2,17,18,20)/t13-/m1/s1. The minimum Gasteiger partial charge on any atom is -0.396 e. The summed E-state index contributed by atoms with van der Waals surface area (Å²) in [6.07, 6.45) is 0.564. The van der Waals surface area contributed by atoms with Crippen LogP contribution in [0.3, 0.4) is 0 Å². The zero-order valence-electron chi connectivity index (χ0n) is 12.9. The van der Waals surface area contributed by atoms with Gasteiger partial charge in [0.2, 0.25) is 0 Å². The van der Waals surface area contributed by atoms with E-state index in [0.717, 1.165) is 0 Å². The molecule has 3 N–H and O–H groups in total. The molecule has 20 heavy (non-hydrogen) atoms. The minimum absolute atomic E-state index is 0.0259. The Morgan fingerprint density at radius 1 is 1.40 bits per heavy atom. The second kappa shape index (κ2) is 7.29. The maximum Gasteiger partial charge on any atom is 0.315 e. The monoisotopic (exact) mass is 278 g/mol. The van der Waals surface area contributed by atoms with E-state index >= 15 is 0 Å². The number of urea groups is 1. The summed E-state index contributed by atoms with van der Waals surface area (Å²) in [5.41, 5.74) is 2.31. The van der Waals surface area contributed by atoms with Crippen molar-refractivity contribution in [2.75, 3.05) is 13.2 Å². The van der Waals surface area contributed by atoms with Crippen LogP contribution in [0.4, 0.5) is 4.79 Å². The lowest BCUT2D eigenvalue weighted by Gasteiger charge is -2.26. The summed E-state index contributed by atoms with van der Waals surface area (Å²) in [4.78, 5) is 11.8. The molecule has 1 atom stereocenters. The molecule has 0 fully saturated rings. The van der Waals surface area contributed by atoms with Crippen LogP contribution >= 0.6 is 0 Å². The molecule has 0 radical (unpaired) electrons. The molecule has 0 heterocycles. The van der Waals surface area contributed by atoms with Crippen molar-refractivity contribution in [3.63, 3.8) is 0 Å². The topological polar surface area (TPSA) is 61.4 Å². The van der Waals surface area contributed by atoms with E-state index in [4.69, 9.17) is 5.11 Å². The van der Waals surface area contributed by atoms with Gasteiger partial charge in [-0.15, -0.1) is 0 Å². The number of hydrogen-bond donors (Lipinski definition) is 3. The van der Waals surface area contributed by atoms with E-state index in [9.17, 15) is 4.79 Å². The van der Waals surface area contributed by atoms with Crippen LogP contribution in [0.15, 0.2) is 24.3 Å². The summed E-state index contributed by atoms with van der Waals surface area (Å²) in [6, 6.07) is 8.12. The molecule has 1 aromatic carbocycles. The van der Waals surface area contributed by atoms with Crippen LogP contribution in [0, 0.1) is 6.92 Å². The van der Waals surface area contributed by atoms with Gasteiger partial charge in [0.1, 0.15) is 0 Å². The number of carbonyl (C=O) groups excluding carboxylic acids is 1. The molecule has 0 saturated heterocycles. The van der Waals surface area contributed by atoms with E-state index in [1.54, 1.807) is 0 Å². The van der Waals surface area contributed by atoms with Crippen molar-refractivity contribution in [1.29, 1.82) is 0 Å². The number of rotatable bonds is 6. The quantitative estimate of drug-likeness (QED) is 0.748. The van der Waals surface area contributed by atoms with Gasteiger partial charge in [0.05, 0.1) is 0 Å². The number of hydrogen-bond acceptors (Lipinski definition) is 2. The third kappa shape index (κ3) is 5.21. The number of aliphatic hydroxyl groups excluding tert-OH is 1. The van der Waals surface area contributed by atoms with Gasteiger partial charge in [-0.25, -0.2) is 4.79 Å². The van der Waals surface area contributed by atoms with E-state index in [1.165, 1.54) is 11.1 Å². The van der Waals surface area contributed by atoms with Crippen molar-refractivity contribution in [2.45, 2.75) is 45.6 Å². The van der Waals surface area contributed by atoms with Gasteiger partial charge in [0, 0.05) is 24.6 Å². The number of aliphatic hydroxyl groups is 1. The molecular formula is C16H26N2O2. The molecule has 0 aliphatic carbocycles.